The lowest BCUT2D eigenvalue weighted by Crippen LogP contribution is -2.37. The summed E-state index contributed by atoms with van der Waals surface area (Å²) >= 11 is 0. The van der Waals surface area contributed by atoms with Crippen LogP contribution in [0.5, 0.6) is 0 Å². The molecule has 0 aromatic heterocycles. The van der Waals surface area contributed by atoms with E-state index in [4.69, 9.17) is 9.84 Å². The molecule has 0 saturated carbocycles. The van der Waals surface area contributed by atoms with Crippen molar-refractivity contribution in [3.05, 3.63) is 11.6 Å². The SMILES string of the molecule is CC(C)(C)OC(=O)N1CC/C(=C\CO)C1=O. The van der Waals surface area contributed by atoms with E-state index < -0.39 is 11.7 Å². The zero-order valence-electron chi connectivity index (χ0n) is 9.82. The summed E-state index contributed by atoms with van der Waals surface area (Å²) in [5.41, 5.74) is -0.144. The predicted octanol–water partition coefficient (Wildman–Crippen LogP) is 1.07. The first-order valence-electron chi connectivity index (χ1n) is 5.20. The Balaban J connectivity index is 2.67. The van der Waals surface area contributed by atoms with Crippen molar-refractivity contribution in [2.45, 2.75) is 32.8 Å². The normalized spacial score (nSPS) is 19.4. The maximum Gasteiger partial charge on any atom is 0.417 e. The van der Waals surface area contributed by atoms with Gasteiger partial charge in [0.1, 0.15) is 5.60 Å². The minimum Gasteiger partial charge on any atom is -0.443 e. The van der Waals surface area contributed by atoms with Gasteiger partial charge in [-0.3, -0.25) is 4.79 Å². The van der Waals surface area contributed by atoms with E-state index in [9.17, 15) is 9.59 Å². The summed E-state index contributed by atoms with van der Waals surface area (Å²) in [6.07, 6.45) is 1.27. The Morgan fingerprint density at radius 1 is 1.56 bits per heavy atom. The molecule has 1 N–H and O–H groups in total. The smallest absolute Gasteiger partial charge is 0.417 e. The maximum atomic E-state index is 11.7. The molecule has 16 heavy (non-hydrogen) atoms. The quantitative estimate of drug-likeness (QED) is 0.680. The molecule has 0 bridgehead atoms. The molecule has 1 rings (SSSR count). The number of rotatable bonds is 1. The van der Waals surface area contributed by atoms with Gasteiger partial charge in [0.25, 0.3) is 5.91 Å². The third kappa shape index (κ3) is 3.06. The maximum absolute atomic E-state index is 11.7. The Bertz CT molecular complexity index is 327. The number of hydrogen-bond donors (Lipinski definition) is 1. The average molecular weight is 227 g/mol. The van der Waals surface area contributed by atoms with Gasteiger partial charge in [0.2, 0.25) is 0 Å². The second-order valence-electron chi connectivity index (χ2n) is 4.60. The first kappa shape index (κ1) is 12.7. The molecule has 90 valence electrons. The lowest BCUT2D eigenvalue weighted by molar-refractivity contribution is -0.124. The van der Waals surface area contributed by atoms with Gasteiger partial charge in [0, 0.05) is 12.1 Å². The molecule has 0 aromatic rings. The molecule has 0 atom stereocenters. The van der Waals surface area contributed by atoms with E-state index >= 15 is 0 Å². The van der Waals surface area contributed by atoms with Gasteiger partial charge < -0.3 is 9.84 Å². The minimum absolute atomic E-state index is 0.191. The lowest BCUT2D eigenvalue weighted by atomic mass is 10.2. The molecule has 0 aliphatic carbocycles. The van der Waals surface area contributed by atoms with Crippen LogP contribution in [0, 0.1) is 0 Å². The molecule has 1 aliphatic heterocycles. The van der Waals surface area contributed by atoms with Gasteiger partial charge in [-0.05, 0) is 27.2 Å². The van der Waals surface area contributed by atoms with Crippen molar-refractivity contribution in [3.8, 4) is 0 Å². The van der Waals surface area contributed by atoms with Gasteiger partial charge in [-0.25, -0.2) is 9.69 Å². The van der Waals surface area contributed by atoms with Crippen molar-refractivity contribution >= 4 is 12.0 Å². The molecule has 1 heterocycles. The van der Waals surface area contributed by atoms with Crippen LogP contribution in [0.1, 0.15) is 27.2 Å². The Kier molecular flexibility index (Phi) is 3.70. The minimum atomic E-state index is -0.626. The van der Waals surface area contributed by atoms with E-state index in [0.717, 1.165) is 4.90 Å². The molecule has 1 fully saturated rings. The van der Waals surface area contributed by atoms with E-state index in [-0.39, 0.29) is 12.5 Å². The van der Waals surface area contributed by atoms with Crippen molar-refractivity contribution in [3.63, 3.8) is 0 Å². The second-order valence-corrected chi connectivity index (χ2v) is 4.60. The van der Waals surface area contributed by atoms with Gasteiger partial charge in [-0.1, -0.05) is 6.08 Å². The largest absolute Gasteiger partial charge is 0.443 e. The molecule has 0 spiro atoms. The molecule has 2 amide bonds. The van der Waals surface area contributed by atoms with Crippen molar-refractivity contribution in [2.24, 2.45) is 0 Å². The highest BCUT2D eigenvalue weighted by Crippen LogP contribution is 2.19. The van der Waals surface area contributed by atoms with Gasteiger partial charge in [0.15, 0.2) is 0 Å². The van der Waals surface area contributed by atoms with Crippen molar-refractivity contribution in [2.75, 3.05) is 13.2 Å². The number of carbonyl (C=O) groups is 2. The van der Waals surface area contributed by atoms with Crippen LogP contribution in [0.15, 0.2) is 11.6 Å². The summed E-state index contributed by atoms with van der Waals surface area (Å²) in [5, 5.41) is 8.69. The van der Waals surface area contributed by atoms with E-state index in [1.165, 1.54) is 6.08 Å². The van der Waals surface area contributed by atoms with Crippen LogP contribution in [0.4, 0.5) is 4.79 Å². The number of hydrogen-bond acceptors (Lipinski definition) is 4. The summed E-state index contributed by atoms with van der Waals surface area (Å²) < 4.78 is 5.09. The zero-order chi connectivity index (χ0) is 12.3. The summed E-state index contributed by atoms with van der Waals surface area (Å²) in [4.78, 5) is 24.3. The fraction of sp³-hybridized carbons (Fsp3) is 0.636. The van der Waals surface area contributed by atoms with Crippen LogP contribution in [0.25, 0.3) is 0 Å². The van der Waals surface area contributed by atoms with Gasteiger partial charge >= 0.3 is 6.09 Å². The number of carbonyl (C=O) groups excluding carboxylic acids is 2. The molecule has 5 nitrogen and oxygen atoms in total. The number of aliphatic hydroxyl groups excluding tert-OH is 1. The third-order valence-electron chi connectivity index (χ3n) is 2.08. The Morgan fingerprint density at radius 2 is 2.19 bits per heavy atom. The lowest BCUT2D eigenvalue weighted by Gasteiger charge is -2.23. The highest BCUT2D eigenvalue weighted by atomic mass is 16.6. The van der Waals surface area contributed by atoms with Crippen molar-refractivity contribution < 1.29 is 19.4 Å². The van der Waals surface area contributed by atoms with E-state index in [1.54, 1.807) is 20.8 Å². The molecule has 0 radical (unpaired) electrons. The molecule has 1 aliphatic rings. The Labute approximate surface area is 94.7 Å². The van der Waals surface area contributed by atoms with Gasteiger partial charge in [-0.2, -0.15) is 0 Å². The van der Waals surface area contributed by atoms with Gasteiger partial charge in [0.05, 0.1) is 6.61 Å². The molecule has 0 aromatic carbocycles. The van der Waals surface area contributed by atoms with E-state index in [2.05, 4.69) is 0 Å². The predicted molar refractivity (Wildman–Crippen MR) is 57.7 cm³/mol. The number of amides is 2. The van der Waals surface area contributed by atoms with Crippen LogP contribution < -0.4 is 0 Å². The van der Waals surface area contributed by atoms with Crippen LogP contribution >= 0.6 is 0 Å². The number of likely N-dealkylation sites (tertiary alicyclic amines) is 1. The average Bonchev–Trinajstić information content (AvgIpc) is 2.46. The highest BCUT2D eigenvalue weighted by molar-refractivity contribution is 6.04. The van der Waals surface area contributed by atoms with E-state index in [0.29, 0.717) is 18.5 Å². The number of ether oxygens (including phenoxy) is 1. The highest BCUT2D eigenvalue weighted by Gasteiger charge is 2.33. The summed E-state index contributed by atoms with van der Waals surface area (Å²) in [6.45, 7) is 5.37. The summed E-state index contributed by atoms with van der Waals surface area (Å²) in [6, 6.07) is 0. The molecular weight excluding hydrogens is 210 g/mol. The fourth-order valence-corrected chi connectivity index (χ4v) is 1.40. The van der Waals surface area contributed by atoms with Crippen molar-refractivity contribution in [1.29, 1.82) is 0 Å². The van der Waals surface area contributed by atoms with Crippen LogP contribution in [0.3, 0.4) is 0 Å². The van der Waals surface area contributed by atoms with Gasteiger partial charge in [-0.15, -0.1) is 0 Å². The molecule has 5 heteroatoms. The summed E-state index contributed by atoms with van der Waals surface area (Å²) in [7, 11) is 0. The monoisotopic (exact) mass is 227 g/mol. The molecular formula is C11H17NO4. The number of aliphatic hydroxyl groups is 1. The van der Waals surface area contributed by atoms with Crippen LogP contribution in [-0.4, -0.2) is 40.8 Å². The van der Waals surface area contributed by atoms with Crippen LogP contribution in [-0.2, 0) is 9.53 Å². The number of imide groups is 1. The number of nitrogens with zero attached hydrogens (tertiary/aromatic N) is 1. The zero-order valence-corrected chi connectivity index (χ0v) is 9.82. The summed E-state index contributed by atoms with van der Waals surface area (Å²) in [5.74, 6) is -0.372. The standard InChI is InChI=1S/C11H17NO4/c1-11(2,3)16-10(15)12-6-4-8(5-7-13)9(12)14/h5,13H,4,6-7H2,1-3H3/b8-5+. The topological polar surface area (TPSA) is 66.8 Å². The van der Waals surface area contributed by atoms with Crippen molar-refractivity contribution in [1.82, 2.24) is 4.90 Å². The molecule has 1 saturated heterocycles. The second kappa shape index (κ2) is 4.65. The first-order valence-corrected chi connectivity index (χ1v) is 5.20. The Hall–Kier alpha value is -1.36. The Morgan fingerprint density at radius 3 is 2.69 bits per heavy atom. The van der Waals surface area contributed by atoms with Crippen LogP contribution in [0.2, 0.25) is 0 Å². The third-order valence-corrected chi connectivity index (χ3v) is 2.08. The molecule has 0 unspecified atom stereocenters. The first-order chi connectivity index (χ1) is 7.35. The fourth-order valence-electron chi connectivity index (χ4n) is 1.40. The van der Waals surface area contributed by atoms with E-state index in [1.807, 2.05) is 0 Å².